The van der Waals surface area contributed by atoms with E-state index < -0.39 is 0 Å². The van der Waals surface area contributed by atoms with E-state index in [9.17, 15) is 0 Å². The summed E-state index contributed by atoms with van der Waals surface area (Å²) in [5.41, 5.74) is 1.36. The van der Waals surface area contributed by atoms with Gasteiger partial charge in [0.05, 0.1) is 19.6 Å². The summed E-state index contributed by atoms with van der Waals surface area (Å²) in [5, 5.41) is 0. The van der Waals surface area contributed by atoms with Crippen LogP contribution in [0.2, 0.25) is 0 Å². The van der Waals surface area contributed by atoms with Gasteiger partial charge in [0.25, 0.3) is 0 Å². The van der Waals surface area contributed by atoms with Crippen molar-refractivity contribution in [1.82, 2.24) is 0 Å². The van der Waals surface area contributed by atoms with Gasteiger partial charge in [-0.25, -0.2) is 4.57 Å². The van der Waals surface area contributed by atoms with Gasteiger partial charge in [0, 0.05) is 18.6 Å². The highest BCUT2D eigenvalue weighted by molar-refractivity contribution is 4.96. The summed E-state index contributed by atoms with van der Waals surface area (Å²) in [5.74, 6) is 0. The Balaban J connectivity index is 0.00000144. The molecule has 1 fully saturated rings. The van der Waals surface area contributed by atoms with Crippen LogP contribution in [0.15, 0.2) is 24.4 Å². The Kier molecular flexibility index (Phi) is 6.70. The average Bonchev–Trinajstić information content (AvgIpc) is 2.38. The van der Waals surface area contributed by atoms with E-state index in [1.807, 2.05) is 0 Å². The maximum Gasteiger partial charge on any atom is 0.181 e. The van der Waals surface area contributed by atoms with Crippen molar-refractivity contribution in [1.29, 1.82) is 0 Å². The lowest BCUT2D eigenvalue weighted by Crippen LogP contribution is -3.00. The molecule has 1 aliphatic rings. The molecule has 1 aromatic rings. The molecule has 0 saturated carbocycles. The van der Waals surface area contributed by atoms with E-state index in [1.54, 1.807) is 0 Å². The third-order valence-electron chi connectivity index (χ3n) is 2.90. The zero-order valence-electron chi connectivity index (χ0n) is 10.3. The summed E-state index contributed by atoms with van der Waals surface area (Å²) in [6, 6.07) is 6.33. The molecule has 0 spiro atoms. The summed E-state index contributed by atoms with van der Waals surface area (Å²) in [4.78, 5) is 0. The largest absolute Gasteiger partial charge is 1.00 e. The molecule has 0 aliphatic carbocycles. The molecular formula is C13H20BrNO2. The first kappa shape index (κ1) is 14.6. The minimum atomic E-state index is -0.00818. The SMILES string of the molecule is CCc1cccc[n+]1CCC1OCCCO1.[Br-]. The van der Waals surface area contributed by atoms with E-state index in [-0.39, 0.29) is 23.3 Å². The van der Waals surface area contributed by atoms with Crippen molar-refractivity contribution in [2.75, 3.05) is 13.2 Å². The highest BCUT2D eigenvalue weighted by Crippen LogP contribution is 2.08. The van der Waals surface area contributed by atoms with Crippen LogP contribution in [0, 0.1) is 0 Å². The van der Waals surface area contributed by atoms with Gasteiger partial charge in [-0.2, -0.15) is 0 Å². The fraction of sp³-hybridized carbons (Fsp3) is 0.615. The van der Waals surface area contributed by atoms with Gasteiger partial charge in [0.15, 0.2) is 24.7 Å². The molecule has 2 rings (SSSR count). The summed E-state index contributed by atoms with van der Waals surface area (Å²) < 4.78 is 13.4. The normalized spacial score (nSPS) is 16.5. The minimum Gasteiger partial charge on any atom is -1.00 e. The van der Waals surface area contributed by atoms with Crippen LogP contribution in [0.1, 0.15) is 25.5 Å². The molecule has 0 N–H and O–H groups in total. The van der Waals surface area contributed by atoms with Crippen LogP contribution in [0.5, 0.6) is 0 Å². The number of ether oxygens (including phenoxy) is 2. The van der Waals surface area contributed by atoms with Crippen LogP contribution in [-0.2, 0) is 22.4 Å². The van der Waals surface area contributed by atoms with Gasteiger partial charge in [0.1, 0.15) is 0 Å². The van der Waals surface area contributed by atoms with E-state index in [0.29, 0.717) is 0 Å². The third-order valence-corrected chi connectivity index (χ3v) is 2.90. The van der Waals surface area contributed by atoms with Crippen LogP contribution in [0.4, 0.5) is 0 Å². The number of aryl methyl sites for hydroxylation is 2. The summed E-state index contributed by atoms with van der Waals surface area (Å²) in [6.45, 7) is 4.82. The Morgan fingerprint density at radius 1 is 1.29 bits per heavy atom. The predicted molar refractivity (Wildman–Crippen MR) is 60.9 cm³/mol. The molecule has 0 atom stereocenters. The first-order valence-electron chi connectivity index (χ1n) is 6.10. The maximum atomic E-state index is 5.54. The monoisotopic (exact) mass is 301 g/mol. The minimum absolute atomic E-state index is 0. The molecule has 1 aromatic heterocycles. The van der Waals surface area contributed by atoms with Gasteiger partial charge >= 0.3 is 0 Å². The fourth-order valence-corrected chi connectivity index (χ4v) is 2.00. The molecule has 4 heteroatoms. The summed E-state index contributed by atoms with van der Waals surface area (Å²) in [7, 11) is 0. The van der Waals surface area contributed by atoms with Crippen LogP contribution in [-0.4, -0.2) is 19.5 Å². The number of nitrogens with zero attached hydrogens (tertiary/aromatic N) is 1. The van der Waals surface area contributed by atoms with Crippen molar-refractivity contribution < 1.29 is 31.0 Å². The Morgan fingerprint density at radius 2 is 2.06 bits per heavy atom. The summed E-state index contributed by atoms with van der Waals surface area (Å²) >= 11 is 0. The molecule has 96 valence electrons. The fourth-order valence-electron chi connectivity index (χ4n) is 2.00. The highest BCUT2D eigenvalue weighted by atomic mass is 79.9. The van der Waals surface area contributed by atoms with Crippen LogP contribution in [0.3, 0.4) is 0 Å². The molecule has 1 aliphatic heterocycles. The third kappa shape index (κ3) is 4.37. The van der Waals surface area contributed by atoms with Crippen molar-refractivity contribution in [3.63, 3.8) is 0 Å². The average molecular weight is 302 g/mol. The molecule has 0 aromatic carbocycles. The zero-order chi connectivity index (χ0) is 11.2. The number of rotatable bonds is 4. The predicted octanol–water partition coefficient (Wildman–Crippen LogP) is -1.31. The van der Waals surface area contributed by atoms with E-state index in [1.165, 1.54) is 5.69 Å². The van der Waals surface area contributed by atoms with Gasteiger partial charge in [-0.05, 0) is 6.42 Å². The van der Waals surface area contributed by atoms with E-state index in [4.69, 9.17) is 9.47 Å². The zero-order valence-corrected chi connectivity index (χ0v) is 11.9. The molecule has 17 heavy (non-hydrogen) atoms. The molecule has 1 saturated heterocycles. The van der Waals surface area contributed by atoms with Crippen LogP contribution >= 0.6 is 0 Å². The lowest BCUT2D eigenvalue weighted by Gasteiger charge is -2.22. The first-order chi connectivity index (χ1) is 7.90. The summed E-state index contributed by atoms with van der Waals surface area (Å²) in [6.07, 6.45) is 5.14. The lowest BCUT2D eigenvalue weighted by atomic mass is 10.2. The molecular weight excluding hydrogens is 282 g/mol. The topological polar surface area (TPSA) is 22.3 Å². The Bertz CT molecular complexity index is 327. The number of hydrogen-bond acceptors (Lipinski definition) is 2. The van der Waals surface area contributed by atoms with Gasteiger partial charge in [0.2, 0.25) is 0 Å². The molecule has 2 heterocycles. The van der Waals surface area contributed by atoms with Gasteiger partial charge < -0.3 is 26.5 Å². The molecule has 0 radical (unpaired) electrons. The Labute approximate surface area is 114 Å². The van der Waals surface area contributed by atoms with Crippen molar-refractivity contribution >= 4 is 0 Å². The number of pyridine rings is 1. The van der Waals surface area contributed by atoms with Gasteiger partial charge in [-0.15, -0.1) is 0 Å². The Morgan fingerprint density at radius 3 is 2.76 bits per heavy atom. The van der Waals surface area contributed by atoms with E-state index in [0.717, 1.165) is 39.0 Å². The molecule has 0 bridgehead atoms. The number of hydrogen-bond donors (Lipinski definition) is 0. The second-order valence-electron chi connectivity index (χ2n) is 4.05. The smallest absolute Gasteiger partial charge is 0.181 e. The standard InChI is InChI=1S/C13H20NO2.BrH/c1-2-12-6-3-4-8-14(12)9-7-13-15-10-5-11-16-13;/h3-4,6,8,13H,2,5,7,9-11H2,1H3;1H/q+1;/p-1. The maximum absolute atomic E-state index is 5.54. The number of halogens is 1. The second-order valence-corrected chi connectivity index (χ2v) is 4.05. The molecule has 0 unspecified atom stereocenters. The van der Waals surface area contributed by atoms with Crippen LogP contribution < -0.4 is 21.5 Å². The van der Waals surface area contributed by atoms with Crippen LogP contribution in [0.25, 0.3) is 0 Å². The van der Waals surface area contributed by atoms with Gasteiger partial charge in [-0.3, -0.25) is 0 Å². The van der Waals surface area contributed by atoms with Crippen molar-refractivity contribution in [3.05, 3.63) is 30.1 Å². The van der Waals surface area contributed by atoms with E-state index in [2.05, 4.69) is 35.9 Å². The highest BCUT2D eigenvalue weighted by Gasteiger charge is 2.17. The molecule has 0 amide bonds. The number of aromatic nitrogens is 1. The first-order valence-corrected chi connectivity index (χ1v) is 6.10. The van der Waals surface area contributed by atoms with Crippen molar-refractivity contribution in [2.45, 2.75) is 39.0 Å². The van der Waals surface area contributed by atoms with E-state index >= 15 is 0 Å². The van der Waals surface area contributed by atoms with Gasteiger partial charge in [-0.1, -0.05) is 13.0 Å². The second kappa shape index (κ2) is 7.80. The van der Waals surface area contributed by atoms with Crippen molar-refractivity contribution in [2.24, 2.45) is 0 Å². The Hall–Kier alpha value is -0.450. The quantitative estimate of drug-likeness (QED) is 0.645. The van der Waals surface area contributed by atoms with Crippen molar-refractivity contribution in [3.8, 4) is 0 Å². The lowest BCUT2D eigenvalue weighted by molar-refractivity contribution is -0.706. The molecule has 3 nitrogen and oxygen atoms in total.